The number of carbonyl (C=O) groups excluding carboxylic acids is 1. The Labute approximate surface area is 116 Å². The van der Waals surface area contributed by atoms with Crippen LogP contribution in [0.15, 0.2) is 0 Å². The Kier molecular flexibility index (Phi) is 6.07. The van der Waals surface area contributed by atoms with Crippen LogP contribution in [0.4, 0.5) is 4.79 Å². The molecule has 0 aliphatic carbocycles. The summed E-state index contributed by atoms with van der Waals surface area (Å²) in [4.78, 5) is 13.4. The molecule has 5 heteroatoms. The fourth-order valence-electron chi connectivity index (χ4n) is 2.26. The van der Waals surface area contributed by atoms with Crippen LogP contribution in [0.1, 0.15) is 40.0 Å². The number of hydrogen-bond donors (Lipinski definition) is 1. The molecule has 0 saturated carbocycles. The molecule has 1 unspecified atom stereocenters. The molecule has 0 radical (unpaired) electrons. The van der Waals surface area contributed by atoms with Crippen molar-refractivity contribution in [1.82, 2.24) is 4.90 Å². The first kappa shape index (κ1) is 16.2. The van der Waals surface area contributed by atoms with Crippen LogP contribution in [0.3, 0.4) is 0 Å². The zero-order valence-corrected chi connectivity index (χ0v) is 12.6. The van der Waals surface area contributed by atoms with Crippen molar-refractivity contribution in [2.45, 2.75) is 51.7 Å². The summed E-state index contributed by atoms with van der Waals surface area (Å²) in [5.74, 6) is 0.524. The molecule has 1 fully saturated rings. The minimum absolute atomic E-state index is 0.0239. The van der Waals surface area contributed by atoms with Gasteiger partial charge in [0.05, 0.1) is 0 Å². The maximum Gasteiger partial charge on any atom is 0.410 e. The molecule has 1 heterocycles. The lowest BCUT2D eigenvalue weighted by molar-refractivity contribution is 0.0262. The highest BCUT2D eigenvalue weighted by Gasteiger charge is 2.23. The van der Waals surface area contributed by atoms with Crippen LogP contribution in [0, 0.1) is 5.92 Å². The van der Waals surface area contributed by atoms with Crippen LogP contribution in [0.5, 0.6) is 0 Å². The second-order valence-corrected chi connectivity index (χ2v) is 6.44. The Balaban J connectivity index is 2.30. The maximum atomic E-state index is 11.8. The summed E-state index contributed by atoms with van der Waals surface area (Å²) in [5, 5.41) is 0. The third-order valence-corrected chi connectivity index (χ3v) is 3.10. The van der Waals surface area contributed by atoms with E-state index in [0.717, 1.165) is 26.1 Å². The molecule has 1 aliphatic rings. The van der Waals surface area contributed by atoms with Crippen molar-refractivity contribution in [3.05, 3.63) is 0 Å². The third-order valence-electron chi connectivity index (χ3n) is 3.10. The summed E-state index contributed by atoms with van der Waals surface area (Å²) in [7, 11) is 1.73. The number of ether oxygens (including phenoxy) is 2. The molecule has 19 heavy (non-hydrogen) atoms. The van der Waals surface area contributed by atoms with Crippen molar-refractivity contribution in [1.29, 1.82) is 0 Å². The van der Waals surface area contributed by atoms with Crippen molar-refractivity contribution < 1.29 is 14.3 Å². The van der Waals surface area contributed by atoms with Gasteiger partial charge in [0.2, 0.25) is 0 Å². The maximum absolute atomic E-state index is 11.8. The summed E-state index contributed by atoms with van der Waals surface area (Å²) in [5.41, 5.74) is 5.64. The predicted octanol–water partition coefficient (Wildman–Crippen LogP) is 2.00. The van der Waals surface area contributed by atoms with Crippen LogP contribution < -0.4 is 5.73 Å². The topological polar surface area (TPSA) is 64.8 Å². The molecule has 2 N–H and O–H groups in total. The van der Waals surface area contributed by atoms with Crippen molar-refractivity contribution in [2.24, 2.45) is 11.7 Å². The zero-order valence-electron chi connectivity index (χ0n) is 12.6. The number of nitrogens with zero attached hydrogens (tertiary/aromatic N) is 1. The molecule has 1 rings (SSSR count). The average molecular weight is 272 g/mol. The second kappa shape index (κ2) is 7.10. The Hall–Kier alpha value is -0.810. The normalized spacial score (nSPS) is 21.8. The lowest BCUT2D eigenvalue weighted by Crippen LogP contribution is -2.42. The minimum atomic E-state index is -0.466. The Morgan fingerprint density at radius 3 is 2.74 bits per heavy atom. The number of hydrogen-bond acceptors (Lipinski definition) is 4. The first-order valence-corrected chi connectivity index (χ1v) is 7.05. The molecule has 0 bridgehead atoms. The number of rotatable bonds is 4. The molecule has 1 amide bonds. The van der Waals surface area contributed by atoms with Gasteiger partial charge in [-0.2, -0.15) is 0 Å². The summed E-state index contributed by atoms with van der Waals surface area (Å²) < 4.78 is 10.7. The monoisotopic (exact) mass is 272 g/mol. The highest BCUT2D eigenvalue weighted by atomic mass is 16.6. The van der Waals surface area contributed by atoms with Crippen LogP contribution in [-0.4, -0.2) is 49.4 Å². The van der Waals surface area contributed by atoms with E-state index < -0.39 is 5.60 Å². The van der Waals surface area contributed by atoms with E-state index in [9.17, 15) is 4.79 Å². The van der Waals surface area contributed by atoms with E-state index >= 15 is 0 Å². The van der Waals surface area contributed by atoms with Gasteiger partial charge in [-0.3, -0.25) is 0 Å². The molecule has 1 saturated heterocycles. The quantitative estimate of drug-likeness (QED) is 0.850. The van der Waals surface area contributed by atoms with Gasteiger partial charge in [0.15, 0.2) is 0 Å². The Morgan fingerprint density at radius 2 is 2.21 bits per heavy atom. The van der Waals surface area contributed by atoms with Crippen molar-refractivity contribution >= 4 is 6.09 Å². The van der Waals surface area contributed by atoms with Gasteiger partial charge in [-0.1, -0.05) is 0 Å². The van der Waals surface area contributed by atoms with Gasteiger partial charge in [-0.05, 0) is 46.0 Å². The first-order chi connectivity index (χ1) is 8.78. The van der Waals surface area contributed by atoms with E-state index in [-0.39, 0.29) is 12.1 Å². The minimum Gasteiger partial charge on any atom is -0.444 e. The highest BCUT2D eigenvalue weighted by Crippen LogP contribution is 2.18. The van der Waals surface area contributed by atoms with E-state index in [1.54, 1.807) is 11.9 Å². The van der Waals surface area contributed by atoms with Gasteiger partial charge in [-0.15, -0.1) is 0 Å². The van der Waals surface area contributed by atoms with Gasteiger partial charge in [-0.25, -0.2) is 4.79 Å². The number of nitrogens with two attached hydrogens (primary N) is 1. The largest absolute Gasteiger partial charge is 0.444 e. The molecule has 0 spiro atoms. The van der Waals surface area contributed by atoms with Crippen molar-refractivity contribution in [3.8, 4) is 0 Å². The van der Waals surface area contributed by atoms with Crippen molar-refractivity contribution in [2.75, 3.05) is 26.8 Å². The molecule has 0 aromatic rings. The molecule has 1 aliphatic heterocycles. The summed E-state index contributed by atoms with van der Waals surface area (Å²) in [6.07, 6.45) is 2.86. The van der Waals surface area contributed by atoms with E-state index in [0.29, 0.717) is 12.5 Å². The van der Waals surface area contributed by atoms with Gasteiger partial charge in [0.1, 0.15) is 5.60 Å². The number of likely N-dealkylation sites (N-methyl/N-ethyl adjacent to an activating group) is 1. The Bertz CT molecular complexity index is 283. The smallest absolute Gasteiger partial charge is 0.410 e. The molecular weight excluding hydrogens is 244 g/mol. The predicted molar refractivity (Wildman–Crippen MR) is 75.0 cm³/mol. The molecule has 112 valence electrons. The summed E-state index contributed by atoms with van der Waals surface area (Å²) in [6.45, 7) is 7.76. The van der Waals surface area contributed by atoms with Gasteiger partial charge in [0.25, 0.3) is 0 Å². The third kappa shape index (κ3) is 6.78. The van der Waals surface area contributed by atoms with E-state index in [1.165, 1.54) is 6.42 Å². The lowest BCUT2D eigenvalue weighted by atomic mass is 9.94. The summed E-state index contributed by atoms with van der Waals surface area (Å²) >= 11 is 0. The lowest BCUT2D eigenvalue weighted by Gasteiger charge is -2.29. The van der Waals surface area contributed by atoms with E-state index in [4.69, 9.17) is 15.2 Å². The standard InChI is InChI=1S/C14H28N2O3/c1-14(2,3)19-13(17)16(4)9-12(15)8-11-6-5-7-18-10-11/h11-12H,5-10,15H2,1-4H3/t11?,12-/m0/s1. The molecule has 0 aromatic carbocycles. The zero-order chi connectivity index (χ0) is 14.5. The first-order valence-electron chi connectivity index (χ1n) is 7.05. The van der Waals surface area contributed by atoms with Crippen LogP contribution >= 0.6 is 0 Å². The van der Waals surface area contributed by atoms with Crippen LogP contribution in [0.2, 0.25) is 0 Å². The molecule has 0 aromatic heterocycles. The number of carbonyl (C=O) groups is 1. The highest BCUT2D eigenvalue weighted by molar-refractivity contribution is 5.67. The SMILES string of the molecule is CN(C[C@@H](N)CC1CCCOC1)C(=O)OC(C)(C)C. The van der Waals surface area contributed by atoms with Gasteiger partial charge in [0, 0.05) is 32.8 Å². The molecular formula is C14H28N2O3. The molecule has 2 atom stereocenters. The average Bonchev–Trinajstić information content (AvgIpc) is 2.27. The second-order valence-electron chi connectivity index (χ2n) is 6.44. The van der Waals surface area contributed by atoms with E-state index in [2.05, 4.69) is 0 Å². The van der Waals surface area contributed by atoms with Crippen LogP contribution in [0.25, 0.3) is 0 Å². The summed E-state index contributed by atoms with van der Waals surface area (Å²) in [6, 6.07) is -0.0239. The fourth-order valence-corrected chi connectivity index (χ4v) is 2.26. The van der Waals surface area contributed by atoms with Crippen molar-refractivity contribution in [3.63, 3.8) is 0 Å². The molecule has 5 nitrogen and oxygen atoms in total. The van der Waals surface area contributed by atoms with Gasteiger partial charge < -0.3 is 20.1 Å². The van der Waals surface area contributed by atoms with E-state index in [1.807, 2.05) is 20.8 Å². The number of amides is 1. The van der Waals surface area contributed by atoms with Crippen LogP contribution in [-0.2, 0) is 9.47 Å². The Morgan fingerprint density at radius 1 is 1.53 bits per heavy atom. The van der Waals surface area contributed by atoms with Gasteiger partial charge >= 0.3 is 6.09 Å². The fraction of sp³-hybridized carbons (Fsp3) is 0.929.